The Morgan fingerprint density at radius 2 is 2.00 bits per heavy atom. The van der Waals surface area contributed by atoms with Gasteiger partial charge in [-0.2, -0.15) is 0 Å². The van der Waals surface area contributed by atoms with Gasteiger partial charge >= 0.3 is 5.69 Å². The van der Waals surface area contributed by atoms with E-state index in [1.807, 2.05) is 0 Å². The van der Waals surface area contributed by atoms with Crippen molar-refractivity contribution in [2.45, 2.75) is 6.54 Å². The predicted octanol–water partition coefficient (Wildman–Crippen LogP) is 4.49. The molecule has 0 bridgehead atoms. The minimum Gasteiger partial charge on any atom is -0.490 e. The number of carbonyl (C=O) groups excluding carboxylic acids is 2. The Bertz CT molecular complexity index is 976. The van der Waals surface area contributed by atoms with Crippen molar-refractivity contribution >= 4 is 46.3 Å². The molecule has 27 heavy (non-hydrogen) atoms. The van der Waals surface area contributed by atoms with Gasteiger partial charge in [-0.05, 0) is 35.5 Å². The fraction of sp³-hybridized carbons (Fsp3) is 0.111. The molecular weight excluding hydrogens is 392 g/mol. The summed E-state index contributed by atoms with van der Waals surface area (Å²) in [7, 11) is 1.31. The first-order valence-corrected chi connectivity index (χ1v) is 8.91. The number of nitrogens with zero attached hydrogens (tertiary/aromatic N) is 2. The molecule has 0 unspecified atom stereocenters. The summed E-state index contributed by atoms with van der Waals surface area (Å²) < 4.78 is 5.13. The molecule has 0 radical (unpaired) electrons. The van der Waals surface area contributed by atoms with Crippen LogP contribution in [0.15, 0.2) is 47.4 Å². The van der Waals surface area contributed by atoms with Gasteiger partial charge in [-0.15, -0.1) is 0 Å². The Hall–Kier alpha value is -2.84. The van der Waals surface area contributed by atoms with Crippen LogP contribution < -0.4 is 4.74 Å². The molecule has 0 N–H and O–H groups in total. The van der Waals surface area contributed by atoms with Crippen molar-refractivity contribution in [2.24, 2.45) is 0 Å². The molecule has 1 aliphatic heterocycles. The minimum absolute atomic E-state index is 0.0316. The van der Waals surface area contributed by atoms with E-state index < -0.39 is 16.1 Å². The lowest BCUT2D eigenvalue weighted by Crippen LogP contribution is -2.27. The second kappa shape index (κ2) is 7.81. The van der Waals surface area contributed by atoms with Crippen molar-refractivity contribution in [3.8, 4) is 5.75 Å². The van der Waals surface area contributed by atoms with E-state index in [2.05, 4.69) is 0 Å². The van der Waals surface area contributed by atoms with Crippen molar-refractivity contribution < 1.29 is 19.2 Å². The van der Waals surface area contributed by atoms with Crippen molar-refractivity contribution in [3.63, 3.8) is 0 Å². The van der Waals surface area contributed by atoms with Crippen LogP contribution in [-0.4, -0.2) is 28.1 Å². The molecule has 1 saturated heterocycles. The number of imide groups is 1. The molecule has 2 aromatic carbocycles. The van der Waals surface area contributed by atoms with Crippen LogP contribution in [-0.2, 0) is 11.3 Å². The smallest absolute Gasteiger partial charge is 0.311 e. The van der Waals surface area contributed by atoms with Gasteiger partial charge in [-0.1, -0.05) is 35.9 Å². The van der Waals surface area contributed by atoms with Gasteiger partial charge in [0.15, 0.2) is 0 Å². The van der Waals surface area contributed by atoms with E-state index in [1.165, 1.54) is 25.3 Å². The van der Waals surface area contributed by atoms with E-state index >= 15 is 0 Å². The average molecular weight is 405 g/mol. The van der Waals surface area contributed by atoms with Crippen LogP contribution in [0.3, 0.4) is 0 Å². The molecule has 3 rings (SSSR count). The van der Waals surface area contributed by atoms with Crippen LogP contribution in [0.1, 0.15) is 11.1 Å². The van der Waals surface area contributed by atoms with Gasteiger partial charge < -0.3 is 4.74 Å². The van der Waals surface area contributed by atoms with Gasteiger partial charge in [0.1, 0.15) is 0 Å². The number of methoxy groups -OCH3 is 1. The molecule has 1 aliphatic rings. The molecule has 0 atom stereocenters. The van der Waals surface area contributed by atoms with Crippen molar-refractivity contribution in [1.29, 1.82) is 0 Å². The standard InChI is InChI=1S/C18H13ClN2O5S/c1-26-16-12(5-3-7-14(16)21(24)25)9-15-17(22)20(18(23)27-15)10-11-4-2-6-13(19)8-11/h2-9H,10H2,1H3/b15-9-. The van der Waals surface area contributed by atoms with Crippen molar-refractivity contribution in [2.75, 3.05) is 7.11 Å². The molecule has 0 aliphatic carbocycles. The second-order valence-corrected chi connectivity index (χ2v) is 6.98. The molecule has 9 heteroatoms. The van der Waals surface area contributed by atoms with E-state index in [1.54, 1.807) is 30.3 Å². The van der Waals surface area contributed by atoms with Gasteiger partial charge in [-0.25, -0.2) is 0 Å². The Balaban J connectivity index is 1.91. The zero-order valence-corrected chi connectivity index (χ0v) is 15.6. The summed E-state index contributed by atoms with van der Waals surface area (Å²) in [5.74, 6) is -0.442. The third-order valence-electron chi connectivity index (χ3n) is 3.82. The van der Waals surface area contributed by atoms with E-state index in [0.717, 1.165) is 22.2 Å². The number of carbonyl (C=O) groups is 2. The van der Waals surface area contributed by atoms with Gasteiger partial charge in [-0.3, -0.25) is 24.6 Å². The van der Waals surface area contributed by atoms with Crippen LogP contribution in [0, 0.1) is 10.1 Å². The number of thioether (sulfide) groups is 1. The topological polar surface area (TPSA) is 89.8 Å². The number of rotatable bonds is 5. The average Bonchev–Trinajstić information content (AvgIpc) is 2.89. The minimum atomic E-state index is -0.568. The first kappa shape index (κ1) is 18.9. The highest BCUT2D eigenvalue weighted by atomic mass is 35.5. The zero-order valence-electron chi connectivity index (χ0n) is 14.0. The highest BCUT2D eigenvalue weighted by molar-refractivity contribution is 8.18. The molecule has 138 valence electrons. The third-order valence-corrected chi connectivity index (χ3v) is 4.96. The Morgan fingerprint density at radius 1 is 1.26 bits per heavy atom. The summed E-state index contributed by atoms with van der Waals surface area (Å²) in [6, 6.07) is 11.3. The number of amides is 2. The van der Waals surface area contributed by atoms with E-state index in [-0.39, 0.29) is 22.9 Å². The Kier molecular flexibility index (Phi) is 5.48. The van der Waals surface area contributed by atoms with Crippen LogP contribution in [0.2, 0.25) is 5.02 Å². The fourth-order valence-corrected chi connectivity index (χ4v) is 3.66. The van der Waals surface area contributed by atoms with Crippen LogP contribution in [0.4, 0.5) is 10.5 Å². The van der Waals surface area contributed by atoms with E-state index in [4.69, 9.17) is 16.3 Å². The lowest BCUT2D eigenvalue weighted by atomic mass is 10.1. The van der Waals surface area contributed by atoms with Crippen molar-refractivity contribution in [1.82, 2.24) is 4.90 Å². The Labute approximate surface area is 163 Å². The fourth-order valence-electron chi connectivity index (χ4n) is 2.62. The van der Waals surface area contributed by atoms with Gasteiger partial charge in [0, 0.05) is 16.7 Å². The molecule has 2 aromatic rings. The number of benzene rings is 2. The number of nitro groups is 1. The monoisotopic (exact) mass is 404 g/mol. The number of nitro benzene ring substituents is 1. The van der Waals surface area contributed by atoms with E-state index in [9.17, 15) is 19.7 Å². The summed E-state index contributed by atoms with van der Waals surface area (Å²) in [4.78, 5) is 36.7. The first-order valence-electron chi connectivity index (χ1n) is 7.72. The van der Waals surface area contributed by atoms with Crippen LogP contribution in [0.25, 0.3) is 6.08 Å². The number of halogens is 1. The van der Waals surface area contributed by atoms with Crippen LogP contribution in [0.5, 0.6) is 5.75 Å². The number of ether oxygens (including phenoxy) is 1. The second-order valence-electron chi connectivity index (χ2n) is 5.55. The summed E-state index contributed by atoms with van der Waals surface area (Å²) >= 11 is 6.71. The summed E-state index contributed by atoms with van der Waals surface area (Å²) in [6.07, 6.45) is 1.43. The lowest BCUT2D eigenvalue weighted by Gasteiger charge is -2.12. The molecule has 2 amide bonds. The van der Waals surface area contributed by atoms with Crippen molar-refractivity contribution in [3.05, 3.63) is 73.6 Å². The van der Waals surface area contributed by atoms with Crippen LogP contribution >= 0.6 is 23.4 Å². The maximum absolute atomic E-state index is 12.6. The summed E-state index contributed by atoms with van der Waals surface area (Å²) in [6.45, 7) is 0.0919. The molecule has 0 aromatic heterocycles. The van der Waals surface area contributed by atoms with Gasteiger partial charge in [0.25, 0.3) is 11.1 Å². The molecule has 1 heterocycles. The SMILES string of the molecule is COc1c(/C=C2\SC(=O)N(Cc3cccc(Cl)c3)C2=O)cccc1[N+](=O)[O-]. The lowest BCUT2D eigenvalue weighted by molar-refractivity contribution is -0.385. The normalized spacial score (nSPS) is 15.5. The maximum atomic E-state index is 12.6. The van der Waals surface area contributed by atoms with Gasteiger partial charge in [0.05, 0.1) is 23.5 Å². The number of hydrogen-bond donors (Lipinski definition) is 0. The molecular formula is C18H13ClN2O5S. The Morgan fingerprint density at radius 3 is 2.67 bits per heavy atom. The highest BCUT2D eigenvalue weighted by Gasteiger charge is 2.35. The quantitative estimate of drug-likeness (QED) is 0.414. The molecule has 7 nitrogen and oxygen atoms in total. The molecule has 1 fully saturated rings. The number of para-hydroxylation sites is 1. The third kappa shape index (κ3) is 3.96. The molecule has 0 spiro atoms. The van der Waals surface area contributed by atoms with E-state index in [0.29, 0.717) is 10.6 Å². The highest BCUT2D eigenvalue weighted by Crippen LogP contribution is 2.37. The van der Waals surface area contributed by atoms with Gasteiger partial charge in [0.2, 0.25) is 5.75 Å². The first-order chi connectivity index (χ1) is 12.9. The summed E-state index contributed by atoms with van der Waals surface area (Å²) in [5.41, 5.74) is 0.850. The summed E-state index contributed by atoms with van der Waals surface area (Å²) in [5, 5.41) is 11.2. The zero-order chi connectivity index (χ0) is 19.6. The largest absolute Gasteiger partial charge is 0.490 e. The maximum Gasteiger partial charge on any atom is 0.311 e. The molecule has 0 saturated carbocycles. The predicted molar refractivity (Wildman–Crippen MR) is 103 cm³/mol. The number of hydrogen-bond acceptors (Lipinski definition) is 6.